The van der Waals surface area contributed by atoms with E-state index in [-0.39, 0.29) is 11.9 Å². The zero-order valence-electron chi connectivity index (χ0n) is 15.6. The van der Waals surface area contributed by atoms with Gasteiger partial charge in [0.1, 0.15) is 11.4 Å². The fourth-order valence-corrected chi connectivity index (χ4v) is 3.68. The molecule has 6 nitrogen and oxygen atoms in total. The average molecular weight is 366 g/mol. The maximum atomic E-state index is 12.8. The zero-order valence-corrected chi connectivity index (χ0v) is 15.6. The van der Waals surface area contributed by atoms with Crippen molar-refractivity contribution in [1.29, 1.82) is 0 Å². The van der Waals surface area contributed by atoms with E-state index < -0.39 is 0 Å². The van der Waals surface area contributed by atoms with Gasteiger partial charge >= 0.3 is 0 Å². The number of carbonyl (C=O) groups excluding carboxylic acids is 1. The highest BCUT2D eigenvalue weighted by Gasteiger charge is 2.27. The highest BCUT2D eigenvalue weighted by Crippen LogP contribution is 2.39. The van der Waals surface area contributed by atoms with Gasteiger partial charge in [0.05, 0.1) is 27.4 Å². The minimum atomic E-state index is -0.127. The van der Waals surface area contributed by atoms with Crippen molar-refractivity contribution in [3.8, 4) is 17.2 Å². The molecule has 6 heteroatoms. The number of rotatable bonds is 5. The third-order valence-corrected chi connectivity index (χ3v) is 5.10. The number of aromatic nitrogens is 1. The number of nitrogens with one attached hydrogen (secondary N) is 2. The second-order valence-electron chi connectivity index (χ2n) is 6.61. The van der Waals surface area contributed by atoms with Crippen LogP contribution in [0.15, 0.2) is 36.4 Å². The fraction of sp³-hybridized carbons (Fsp3) is 0.286. The van der Waals surface area contributed by atoms with Crippen molar-refractivity contribution in [2.75, 3.05) is 21.3 Å². The average Bonchev–Trinajstić information content (AvgIpc) is 3.29. The minimum Gasteiger partial charge on any atom is -0.497 e. The van der Waals surface area contributed by atoms with E-state index in [2.05, 4.69) is 10.3 Å². The molecule has 1 aliphatic rings. The van der Waals surface area contributed by atoms with Gasteiger partial charge in [-0.3, -0.25) is 4.79 Å². The van der Waals surface area contributed by atoms with E-state index in [1.165, 1.54) is 5.56 Å². The lowest BCUT2D eigenvalue weighted by atomic mass is 10.1. The number of amides is 1. The van der Waals surface area contributed by atoms with E-state index in [0.29, 0.717) is 17.2 Å². The molecule has 0 radical (unpaired) electrons. The molecule has 2 aromatic carbocycles. The Bertz CT molecular complexity index is 1010. The Morgan fingerprint density at radius 2 is 1.81 bits per heavy atom. The zero-order chi connectivity index (χ0) is 19.0. The van der Waals surface area contributed by atoms with Crippen LogP contribution in [-0.2, 0) is 6.42 Å². The second-order valence-corrected chi connectivity index (χ2v) is 6.61. The molecule has 1 aliphatic carbocycles. The van der Waals surface area contributed by atoms with Crippen LogP contribution in [0.1, 0.15) is 34.1 Å². The number of methoxy groups -OCH3 is 3. The van der Waals surface area contributed by atoms with Crippen LogP contribution in [0.25, 0.3) is 10.9 Å². The van der Waals surface area contributed by atoms with Crippen LogP contribution >= 0.6 is 0 Å². The maximum absolute atomic E-state index is 12.8. The lowest BCUT2D eigenvalue weighted by Gasteiger charge is -2.16. The topological polar surface area (TPSA) is 72.6 Å². The predicted molar refractivity (Wildman–Crippen MR) is 103 cm³/mol. The quantitative estimate of drug-likeness (QED) is 0.724. The molecule has 1 heterocycles. The van der Waals surface area contributed by atoms with Gasteiger partial charge in [0, 0.05) is 10.9 Å². The van der Waals surface area contributed by atoms with Crippen molar-refractivity contribution < 1.29 is 19.0 Å². The molecule has 0 fully saturated rings. The Morgan fingerprint density at radius 3 is 2.56 bits per heavy atom. The van der Waals surface area contributed by atoms with Gasteiger partial charge in [0.15, 0.2) is 11.5 Å². The van der Waals surface area contributed by atoms with E-state index in [0.717, 1.165) is 35.1 Å². The molecule has 0 unspecified atom stereocenters. The largest absolute Gasteiger partial charge is 0.497 e. The summed E-state index contributed by atoms with van der Waals surface area (Å²) in [5.74, 6) is 2.03. The molecule has 3 aromatic rings. The number of aryl methyl sites for hydroxylation is 1. The third kappa shape index (κ3) is 3.07. The standard InChI is InChI=1S/C21H22N2O4/c1-25-14-5-7-16-13(8-14)9-18(22-16)21(24)23-17-6-4-12-10-19(26-2)20(27-3)11-15(12)17/h5,7-11,17,22H,4,6H2,1-3H3,(H,23,24)/t17-/m0/s1. The number of H-pyrrole nitrogens is 1. The number of aromatic amines is 1. The third-order valence-electron chi connectivity index (χ3n) is 5.10. The second kappa shape index (κ2) is 6.87. The Morgan fingerprint density at radius 1 is 1.04 bits per heavy atom. The maximum Gasteiger partial charge on any atom is 0.268 e. The Labute approximate surface area is 157 Å². The lowest BCUT2D eigenvalue weighted by molar-refractivity contribution is 0.0932. The molecule has 0 saturated carbocycles. The molecule has 0 spiro atoms. The SMILES string of the molecule is COc1ccc2[nH]c(C(=O)N[C@H]3CCc4cc(OC)c(OC)cc43)cc2c1. The monoisotopic (exact) mass is 366 g/mol. The van der Waals surface area contributed by atoms with E-state index in [1.807, 2.05) is 36.4 Å². The van der Waals surface area contributed by atoms with E-state index in [9.17, 15) is 4.79 Å². The first kappa shape index (κ1) is 17.3. The van der Waals surface area contributed by atoms with Crippen molar-refractivity contribution in [3.05, 3.63) is 53.2 Å². The lowest BCUT2D eigenvalue weighted by Crippen LogP contribution is -2.27. The van der Waals surface area contributed by atoms with E-state index in [1.54, 1.807) is 21.3 Å². The molecule has 4 rings (SSSR count). The molecule has 140 valence electrons. The van der Waals surface area contributed by atoms with Crippen LogP contribution in [-0.4, -0.2) is 32.2 Å². The number of carbonyl (C=O) groups is 1. The van der Waals surface area contributed by atoms with Gasteiger partial charge in [-0.15, -0.1) is 0 Å². The Kier molecular flexibility index (Phi) is 4.39. The molecule has 27 heavy (non-hydrogen) atoms. The van der Waals surface area contributed by atoms with Crippen LogP contribution in [0.4, 0.5) is 0 Å². The van der Waals surface area contributed by atoms with Gasteiger partial charge in [0.2, 0.25) is 0 Å². The summed E-state index contributed by atoms with van der Waals surface area (Å²) in [6.45, 7) is 0. The summed E-state index contributed by atoms with van der Waals surface area (Å²) in [6.07, 6.45) is 1.75. The molecule has 1 amide bonds. The van der Waals surface area contributed by atoms with Crippen molar-refractivity contribution in [2.45, 2.75) is 18.9 Å². The number of hydrogen-bond acceptors (Lipinski definition) is 4. The van der Waals surface area contributed by atoms with Crippen LogP contribution in [0.2, 0.25) is 0 Å². The minimum absolute atomic E-state index is 0.0479. The molecular weight excluding hydrogens is 344 g/mol. The molecule has 2 N–H and O–H groups in total. The van der Waals surface area contributed by atoms with Crippen LogP contribution < -0.4 is 19.5 Å². The highest BCUT2D eigenvalue weighted by molar-refractivity contribution is 5.98. The van der Waals surface area contributed by atoms with Crippen LogP contribution in [0, 0.1) is 0 Å². The molecule has 0 saturated heterocycles. The van der Waals surface area contributed by atoms with Gasteiger partial charge in [0.25, 0.3) is 5.91 Å². The number of fused-ring (bicyclic) bond motifs is 2. The first-order chi connectivity index (χ1) is 13.1. The van der Waals surface area contributed by atoms with Crippen molar-refractivity contribution in [1.82, 2.24) is 10.3 Å². The number of hydrogen-bond donors (Lipinski definition) is 2. The molecule has 0 bridgehead atoms. The van der Waals surface area contributed by atoms with Crippen molar-refractivity contribution in [3.63, 3.8) is 0 Å². The van der Waals surface area contributed by atoms with Crippen molar-refractivity contribution >= 4 is 16.8 Å². The van der Waals surface area contributed by atoms with Crippen LogP contribution in [0.5, 0.6) is 17.2 Å². The number of benzene rings is 2. The summed E-state index contributed by atoms with van der Waals surface area (Å²) < 4.78 is 16.0. The summed E-state index contributed by atoms with van der Waals surface area (Å²) >= 11 is 0. The van der Waals surface area contributed by atoms with Crippen LogP contribution in [0.3, 0.4) is 0 Å². The highest BCUT2D eigenvalue weighted by atomic mass is 16.5. The molecule has 1 atom stereocenters. The van der Waals surface area contributed by atoms with Gasteiger partial charge in [-0.1, -0.05) is 0 Å². The number of ether oxygens (including phenoxy) is 3. The summed E-state index contributed by atoms with van der Waals surface area (Å²) in [7, 11) is 4.87. The van der Waals surface area contributed by atoms with Gasteiger partial charge < -0.3 is 24.5 Å². The molecule has 1 aromatic heterocycles. The predicted octanol–water partition coefficient (Wildman–Crippen LogP) is 3.61. The first-order valence-electron chi connectivity index (χ1n) is 8.85. The normalized spacial score (nSPS) is 15.4. The summed E-state index contributed by atoms with van der Waals surface area (Å²) in [5, 5.41) is 4.07. The Hall–Kier alpha value is -3.15. The first-order valence-corrected chi connectivity index (χ1v) is 8.85. The molecule has 0 aliphatic heterocycles. The van der Waals surface area contributed by atoms with Crippen molar-refractivity contribution in [2.24, 2.45) is 0 Å². The van der Waals surface area contributed by atoms with Gasteiger partial charge in [-0.2, -0.15) is 0 Å². The molecular formula is C21H22N2O4. The summed E-state index contributed by atoms with van der Waals surface area (Å²) in [6, 6.07) is 11.4. The smallest absolute Gasteiger partial charge is 0.268 e. The van der Waals surface area contributed by atoms with E-state index in [4.69, 9.17) is 14.2 Å². The summed E-state index contributed by atoms with van der Waals surface area (Å²) in [4.78, 5) is 16.0. The Balaban J connectivity index is 1.58. The fourth-order valence-electron chi connectivity index (χ4n) is 3.68. The van der Waals surface area contributed by atoms with Gasteiger partial charge in [-0.05, 0) is 60.4 Å². The summed E-state index contributed by atoms with van der Waals surface area (Å²) in [5.41, 5.74) is 3.70. The van der Waals surface area contributed by atoms with E-state index >= 15 is 0 Å². The van der Waals surface area contributed by atoms with Gasteiger partial charge in [-0.25, -0.2) is 0 Å².